The van der Waals surface area contributed by atoms with E-state index in [1.165, 1.54) is 6.07 Å². The third kappa shape index (κ3) is 2.08. The molecule has 2 rings (SSSR count). The Morgan fingerprint density at radius 1 is 1.47 bits per heavy atom. The number of aromatic nitrogens is 2. The number of aryl methyl sites for hydroxylation is 1. The van der Waals surface area contributed by atoms with E-state index in [2.05, 4.69) is 4.98 Å². The topological polar surface area (TPSA) is 38.0 Å². The molecule has 0 unspecified atom stereocenters. The fourth-order valence-corrected chi connectivity index (χ4v) is 1.96. The molecule has 0 aliphatic rings. The van der Waals surface area contributed by atoms with Crippen LogP contribution in [0.1, 0.15) is 31.3 Å². The number of imidazole rings is 1. The van der Waals surface area contributed by atoms with Gasteiger partial charge in [0.25, 0.3) is 0 Å². The minimum atomic E-state index is -0.849. The summed E-state index contributed by atoms with van der Waals surface area (Å²) in [6.07, 6.45) is 3.36. The number of hydrogen-bond donors (Lipinski definition) is 1. The van der Waals surface area contributed by atoms with Crippen LogP contribution in [0.4, 0.5) is 4.39 Å². The molecule has 0 spiro atoms. The van der Waals surface area contributed by atoms with Crippen LogP contribution in [0.5, 0.6) is 0 Å². The van der Waals surface area contributed by atoms with Gasteiger partial charge in [0.2, 0.25) is 0 Å². The second kappa shape index (κ2) is 4.67. The molecule has 0 saturated heterocycles. The summed E-state index contributed by atoms with van der Waals surface area (Å²) in [5.74, 6) is 0.450. The van der Waals surface area contributed by atoms with E-state index in [1.54, 1.807) is 31.5 Å². The number of aliphatic hydroxyl groups is 1. The largest absolute Gasteiger partial charge is 0.389 e. The Kier molecular flexibility index (Phi) is 3.24. The zero-order chi connectivity index (χ0) is 12.4. The van der Waals surface area contributed by atoms with Crippen LogP contribution in [0.3, 0.4) is 0 Å². The van der Waals surface area contributed by atoms with Crippen molar-refractivity contribution in [2.75, 3.05) is 0 Å². The first-order valence-corrected chi connectivity index (χ1v) is 5.64. The molecule has 1 atom stereocenters. The van der Waals surface area contributed by atoms with Gasteiger partial charge in [-0.1, -0.05) is 13.0 Å². The van der Waals surface area contributed by atoms with E-state index < -0.39 is 11.9 Å². The zero-order valence-corrected chi connectivity index (χ0v) is 9.89. The maximum atomic E-state index is 13.7. The summed E-state index contributed by atoms with van der Waals surface area (Å²) in [7, 11) is 0. The van der Waals surface area contributed by atoms with E-state index >= 15 is 0 Å². The third-order valence-corrected chi connectivity index (χ3v) is 2.74. The van der Waals surface area contributed by atoms with Crippen LogP contribution >= 0.6 is 0 Å². The third-order valence-electron chi connectivity index (χ3n) is 2.74. The summed E-state index contributed by atoms with van der Waals surface area (Å²) < 4.78 is 15.5. The summed E-state index contributed by atoms with van der Waals surface area (Å²) in [4.78, 5) is 4.20. The Morgan fingerprint density at radius 3 is 2.88 bits per heavy atom. The van der Waals surface area contributed by atoms with Gasteiger partial charge in [-0.05, 0) is 19.1 Å². The lowest BCUT2D eigenvalue weighted by molar-refractivity contribution is 0.194. The van der Waals surface area contributed by atoms with Crippen LogP contribution in [0.15, 0.2) is 30.6 Å². The van der Waals surface area contributed by atoms with E-state index in [1.807, 2.05) is 11.5 Å². The van der Waals surface area contributed by atoms with Gasteiger partial charge in [-0.25, -0.2) is 9.37 Å². The summed E-state index contributed by atoms with van der Waals surface area (Å²) in [5, 5.41) is 9.67. The molecule has 1 aromatic carbocycles. The number of rotatable bonds is 3. The monoisotopic (exact) mass is 234 g/mol. The highest BCUT2D eigenvalue weighted by atomic mass is 19.1. The lowest BCUT2D eigenvalue weighted by Crippen LogP contribution is -2.07. The minimum Gasteiger partial charge on any atom is -0.389 e. The van der Waals surface area contributed by atoms with Crippen molar-refractivity contribution in [1.82, 2.24) is 9.55 Å². The first kappa shape index (κ1) is 11.8. The highest BCUT2D eigenvalue weighted by Crippen LogP contribution is 2.25. The van der Waals surface area contributed by atoms with Gasteiger partial charge in [0.05, 0.1) is 11.8 Å². The van der Waals surface area contributed by atoms with Crippen LogP contribution in [0.2, 0.25) is 0 Å². The Labute approximate surface area is 99.5 Å². The average molecular weight is 234 g/mol. The SMILES string of the molecule is CCc1nccn1-c1cccc(F)c1[C@@H](C)O. The number of hydrogen-bond acceptors (Lipinski definition) is 2. The molecule has 3 nitrogen and oxygen atoms in total. The van der Waals surface area contributed by atoms with E-state index in [0.717, 1.165) is 12.2 Å². The molecule has 1 N–H and O–H groups in total. The van der Waals surface area contributed by atoms with E-state index in [0.29, 0.717) is 11.3 Å². The van der Waals surface area contributed by atoms with Crippen LogP contribution in [0.25, 0.3) is 5.69 Å². The van der Waals surface area contributed by atoms with Crippen molar-refractivity contribution in [2.45, 2.75) is 26.4 Å². The predicted molar refractivity (Wildman–Crippen MR) is 63.5 cm³/mol. The number of aliphatic hydroxyl groups excluding tert-OH is 1. The molecule has 0 fully saturated rings. The smallest absolute Gasteiger partial charge is 0.131 e. The fraction of sp³-hybridized carbons (Fsp3) is 0.308. The van der Waals surface area contributed by atoms with Crippen LogP contribution < -0.4 is 0 Å². The highest BCUT2D eigenvalue weighted by Gasteiger charge is 2.16. The number of halogens is 1. The maximum Gasteiger partial charge on any atom is 0.131 e. The van der Waals surface area contributed by atoms with Crippen molar-refractivity contribution in [1.29, 1.82) is 0 Å². The van der Waals surface area contributed by atoms with Gasteiger partial charge in [0.15, 0.2) is 0 Å². The molecule has 0 radical (unpaired) electrons. The first-order valence-electron chi connectivity index (χ1n) is 5.64. The standard InChI is InChI=1S/C13H15FN2O/c1-3-12-15-7-8-16(12)11-6-4-5-10(14)13(11)9(2)17/h4-9,17H,3H2,1-2H3/t9-/m1/s1. The molecule has 1 heterocycles. The zero-order valence-electron chi connectivity index (χ0n) is 9.89. The van der Waals surface area contributed by atoms with Crippen molar-refractivity contribution in [3.05, 3.63) is 47.8 Å². The second-order valence-corrected chi connectivity index (χ2v) is 3.92. The predicted octanol–water partition coefficient (Wildman–Crippen LogP) is 2.63. The van der Waals surface area contributed by atoms with Crippen LogP contribution in [-0.4, -0.2) is 14.7 Å². The quantitative estimate of drug-likeness (QED) is 0.886. The van der Waals surface area contributed by atoms with E-state index in [4.69, 9.17) is 0 Å². The van der Waals surface area contributed by atoms with Gasteiger partial charge >= 0.3 is 0 Å². The Bertz CT molecular complexity index is 520. The summed E-state index contributed by atoms with van der Waals surface area (Å²) in [6, 6.07) is 4.77. The minimum absolute atomic E-state index is 0.306. The lowest BCUT2D eigenvalue weighted by Gasteiger charge is -2.15. The lowest BCUT2D eigenvalue weighted by atomic mass is 10.1. The van der Waals surface area contributed by atoms with Gasteiger partial charge in [-0.2, -0.15) is 0 Å². The molecular formula is C13H15FN2O. The van der Waals surface area contributed by atoms with Crippen molar-refractivity contribution in [2.24, 2.45) is 0 Å². The molecule has 2 aromatic rings. The highest BCUT2D eigenvalue weighted by molar-refractivity contribution is 5.44. The van der Waals surface area contributed by atoms with Gasteiger partial charge in [-0.15, -0.1) is 0 Å². The molecule has 0 aliphatic heterocycles. The molecular weight excluding hydrogens is 219 g/mol. The molecule has 17 heavy (non-hydrogen) atoms. The van der Waals surface area contributed by atoms with Crippen molar-refractivity contribution in [3.63, 3.8) is 0 Å². The Balaban J connectivity index is 2.63. The van der Waals surface area contributed by atoms with Crippen molar-refractivity contribution >= 4 is 0 Å². The molecule has 4 heteroatoms. The molecule has 1 aromatic heterocycles. The van der Waals surface area contributed by atoms with Crippen molar-refractivity contribution in [3.8, 4) is 5.69 Å². The summed E-state index contributed by atoms with van der Waals surface area (Å²) in [6.45, 7) is 3.55. The Hall–Kier alpha value is -1.68. The van der Waals surface area contributed by atoms with Crippen molar-refractivity contribution < 1.29 is 9.50 Å². The van der Waals surface area contributed by atoms with Gasteiger partial charge in [-0.3, -0.25) is 0 Å². The van der Waals surface area contributed by atoms with E-state index in [9.17, 15) is 9.50 Å². The summed E-state index contributed by atoms with van der Waals surface area (Å²) in [5.41, 5.74) is 0.953. The molecule has 0 aliphatic carbocycles. The normalized spacial score (nSPS) is 12.7. The summed E-state index contributed by atoms with van der Waals surface area (Å²) >= 11 is 0. The Morgan fingerprint density at radius 2 is 2.24 bits per heavy atom. The molecule has 90 valence electrons. The number of nitrogens with zero attached hydrogens (tertiary/aromatic N) is 2. The second-order valence-electron chi connectivity index (χ2n) is 3.92. The molecule has 0 bridgehead atoms. The molecule has 0 amide bonds. The van der Waals surface area contributed by atoms with Gasteiger partial charge in [0, 0.05) is 24.4 Å². The van der Waals surface area contributed by atoms with E-state index in [-0.39, 0.29) is 0 Å². The fourth-order valence-electron chi connectivity index (χ4n) is 1.96. The maximum absolute atomic E-state index is 13.7. The average Bonchev–Trinajstić information content (AvgIpc) is 2.75. The van der Waals surface area contributed by atoms with Gasteiger partial charge < -0.3 is 9.67 Å². The number of benzene rings is 1. The van der Waals surface area contributed by atoms with Crippen LogP contribution in [0, 0.1) is 5.82 Å². The van der Waals surface area contributed by atoms with Gasteiger partial charge in [0.1, 0.15) is 11.6 Å². The van der Waals surface area contributed by atoms with Crippen LogP contribution in [-0.2, 0) is 6.42 Å². The first-order chi connectivity index (χ1) is 8.15. The molecule has 0 saturated carbocycles.